The highest BCUT2D eigenvalue weighted by Crippen LogP contribution is 2.56. The van der Waals surface area contributed by atoms with E-state index in [0.29, 0.717) is 32.1 Å². The Hall–Kier alpha value is -6.40. The quantitative estimate of drug-likeness (QED) is 0.104. The fraction of sp³-hybridized carbons (Fsp3) is 0.481. The molecule has 4 aromatic rings. The second-order valence-corrected chi connectivity index (χ2v) is 21.6. The monoisotopic (exact) mass is 1010 g/mol. The smallest absolute Gasteiger partial charge is 0.417 e. The van der Waals surface area contributed by atoms with Crippen molar-refractivity contribution in [2.24, 2.45) is 16.2 Å². The number of thiazole rings is 1. The maximum Gasteiger partial charge on any atom is 0.417 e. The summed E-state index contributed by atoms with van der Waals surface area (Å²) < 4.78 is 53.0. The van der Waals surface area contributed by atoms with Crippen LogP contribution in [0.1, 0.15) is 80.7 Å². The van der Waals surface area contributed by atoms with Crippen LogP contribution in [0.4, 0.5) is 19.0 Å². The van der Waals surface area contributed by atoms with E-state index in [2.05, 4.69) is 25.9 Å². The number of anilines is 1. The second-order valence-electron chi connectivity index (χ2n) is 20.8. The number of amides is 4. The largest absolute Gasteiger partial charge is 0.489 e. The van der Waals surface area contributed by atoms with Crippen LogP contribution in [0.2, 0.25) is 0 Å². The lowest BCUT2D eigenvalue weighted by Crippen LogP contribution is -2.74. The van der Waals surface area contributed by atoms with E-state index in [1.54, 1.807) is 34.4 Å². The number of aryl methyl sites for hydroxylation is 1. The summed E-state index contributed by atoms with van der Waals surface area (Å²) in [6.07, 6.45) is -2.63. The number of alkyl halides is 3. The molecule has 1 unspecified atom stereocenters. The number of likely N-dealkylation sites (tertiary alicyclic amines) is 1. The van der Waals surface area contributed by atoms with Crippen molar-refractivity contribution in [2.45, 2.75) is 97.9 Å². The van der Waals surface area contributed by atoms with Gasteiger partial charge in [-0.1, -0.05) is 71.9 Å². The summed E-state index contributed by atoms with van der Waals surface area (Å²) in [5.74, 6) is -0.805. The number of halogens is 3. The lowest BCUT2D eigenvalue weighted by atomic mass is 9.49. The van der Waals surface area contributed by atoms with Gasteiger partial charge in [0, 0.05) is 73.3 Å². The molecule has 1 saturated carbocycles. The highest BCUT2D eigenvalue weighted by molar-refractivity contribution is 7.13. The van der Waals surface area contributed by atoms with Crippen LogP contribution >= 0.6 is 11.3 Å². The van der Waals surface area contributed by atoms with E-state index in [1.165, 1.54) is 17.2 Å². The number of carbonyl (C=O) groups excluding carboxylic acids is 4. The number of aromatic nitrogens is 2. The summed E-state index contributed by atoms with van der Waals surface area (Å²) in [6.45, 7) is 15.7. The molecule has 2 aromatic carbocycles. The second kappa shape index (κ2) is 20.2. The van der Waals surface area contributed by atoms with E-state index in [4.69, 9.17) is 9.47 Å². The van der Waals surface area contributed by atoms with Gasteiger partial charge in [0.1, 0.15) is 29.8 Å². The van der Waals surface area contributed by atoms with Crippen molar-refractivity contribution in [1.29, 1.82) is 5.26 Å². The van der Waals surface area contributed by atoms with E-state index in [1.807, 2.05) is 89.2 Å². The molecule has 2 saturated heterocycles. The highest BCUT2D eigenvalue weighted by Gasteiger charge is 2.64. The number of nitriles is 1. The van der Waals surface area contributed by atoms with Crippen LogP contribution in [0, 0.1) is 34.5 Å². The lowest BCUT2D eigenvalue weighted by Gasteiger charge is -2.63. The lowest BCUT2D eigenvalue weighted by molar-refractivity contribution is -0.164. The Kier molecular flexibility index (Phi) is 14.6. The van der Waals surface area contributed by atoms with E-state index in [9.17, 15) is 42.7 Å². The van der Waals surface area contributed by atoms with Crippen LogP contribution in [-0.2, 0) is 31.8 Å². The standard InChI is InChI=1S/C52H60F3N9O7S/c1-30-42(72-29-59-30)32-10-8-31(9-11-32)24-58-45(68)39-20-36(65)26-64(39)46(69)43-49(2,3)22-35(60-43)28-70-19-18-62-16-17-63(41(66)27-62)40-15-13-34(25-57-40)44(67)61-47-50(4,5)48(51(47,6)7)71-37-14-12-33(23-56)38(21-37)52(53,54)55/h8-15,21-22,25,29,36,39,43,47-48,60,65H,16-20,24,26-28H2,1-7H3,(H,58,68)(H,61,67)/t36-,39+,43?,47-,48-/m1/s1. The van der Waals surface area contributed by atoms with E-state index < -0.39 is 69.8 Å². The molecule has 16 nitrogen and oxygen atoms in total. The number of nitrogens with one attached hydrogen (secondary N) is 3. The summed E-state index contributed by atoms with van der Waals surface area (Å²) in [5.41, 5.74) is 2.16. The molecule has 3 aliphatic heterocycles. The Bertz CT molecular complexity index is 2760. The SMILES string of the molecule is Cc1ncsc1-c1ccc(CNC(=O)[C@@H]2C[C@@H](O)CN2C(=O)C2NC(COCCN3CCN(c4ccc(C(=O)N[C@H]5C(C)(C)[C@H](Oc6ccc(C#N)c(C(F)(F)F)c6)C5(C)C)cn4)C(=O)C3)=CC2(C)C)cc1. The van der Waals surface area contributed by atoms with Crippen LogP contribution in [0.15, 0.2) is 78.1 Å². The van der Waals surface area contributed by atoms with Gasteiger partial charge in [-0.05, 0) is 48.4 Å². The normalized spacial score (nSPS) is 23.4. The summed E-state index contributed by atoms with van der Waals surface area (Å²) in [5, 5.41) is 29.1. The average Bonchev–Trinajstić information content (AvgIpc) is 4.04. The van der Waals surface area contributed by atoms with Gasteiger partial charge in [-0.15, -0.1) is 11.3 Å². The van der Waals surface area contributed by atoms with Gasteiger partial charge in [-0.3, -0.25) is 29.0 Å². The molecule has 0 radical (unpaired) electrons. The molecule has 0 spiro atoms. The maximum atomic E-state index is 14.1. The molecule has 3 atom stereocenters. The number of nitrogens with zero attached hydrogens (tertiary/aromatic N) is 6. The molecular weight excluding hydrogens is 952 g/mol. The summed E-state index contributed by atoms with van der Waals surface area (Å²) >= 11 is 1.57. The Balaban J connectivity index is 0.766. The van der Waals surface area contributed by atoms with E-state index in [-0.39, 0.29) is 61.7 Å². The molecular formula is C52H60F3N9O7S. The van der Waals surface area contributed by atoms with E-state index >= 15 is 0 Å². The van der Waals surface area contributed by atoms with Gasteiger partial charge < -0.3 is 35.4 Å². The fourth-order valence-electron chi connectivity index (χ4n) is 10.8. The van der Waals surface area contributed by atoms with Crippen LogP contribution in [0.25, 0.3) is 10.4 Å². The van der Waals surface area contributed by atoms with Crippen molar-refractivity contribution < 1.29 is 46.9 Å². The van der Waals surface area contributed by atoms with Gasteiger partial charge in [-0.2, -0.15) is 18.4 Å². The molecule has 8 rings (SSSR count). The average molecular weight is 1010 g/mol. The van der Waals surface area contributed by atoms with Gasteiger partial charge >= 0.3 is 6.18 Å². The number of hydrogen-bond acceptors (Lipinski definition) is 13. The van der Waals surface area contributed by atoms with Gasteiger partial charge in [0.2, 0.25) is 17.7 Å². The summed E-state index contributed by atoms with van der Waals surface area (Å²) in [4.78, 5) is 69.2. The van der Waals surface area contributed by atoms with Crippen molar-refractivity contribution in [2.75, 3.05) is 50.8 Å². The Labute approximate surface area is 420 Å². The molecule has 0 bridgehead atoms. The Morgan fingerprint density at radius 2 is 1.75 bits per heavy atom. The first-order chi connectivity index (χ1) is 34.0. The first kappa shape index (κ1) is 51.9. The minimum atomic E-state index is -4.73. The molecule has 4 amide bonds. The van der Waals surface area contributed by atoms with Crippen LogP contribution in [0.3, 0.4) is 0 Å². The minimum absolute atomic E-state index is 0.0256. The predicted octanol–water partition coefficient (Wildman–Crippen LogP) is 5.84. The van der Waals surface area contributed by atoms with Gasteiger partial charge in [0.05, 0.1) is 64.7 Å². The molecule has 1 aliphatic carbocycles. The molecule has 72 heavy (non-hydrogen) atoms. The van der Waals surface area contributed by atoms with Gasteiger partial charge in [0.15, 0.2) is 0 Å². The van der Waals surface area contributed by atoms with E-state index in [0.717, 1.165) is 39.5 Å². The number of benzene rings is 2. The maximum absolute atomic E-state index is 14.1. The number of carbonyl (C=O) groups is 4. The van der Waals surface area contributed by atoms with Crippen LogP contribution < -0.4 is 25.6 Å². The van der Waals surface area contributed by atoms with Crippen molar-refractivity contribution in [3.63, 3.8) is 0 Å². The summed E-state index contributed by atoms with van der Waals surface area (Å²) in [6, 6.07) is 14.0. The first-order valence-electron chi connectivity index (χ1n) is 23.9. The number of pyridine rings is 1. The van der Waals surface area contributed by atoms with Crippen molar-refractivity contribution >= 4 is 40.8 Å². The highest BCUT2D eigenvalue weighted by atomic mass is 32.1. The fourth-order valence-corrected chi connectivity index (χ4v) is 11.6. The topological polar surface area (TPSA) is 202 Å². The molecule has 5 heterocycles. The third-order valence-electron chi connectivity index (χ3n) is 14.3. The number of β-amino-alcohol motifs (C(OH)–C–C–N with tert-alkyl or cyclic N) is 1. The van der Waals surface area contributed by atoms with Crippen LogP contribution in [0.5, 0.6) is 5.75 Å². The van der Waals surface area contributed by atoms with Crippen molar-refractivity contribution in [1.82, 2.24) is 35.7 Å². The molecule has 4 N–H and O–H groups in total. The molecule has 3 fully saturated rings. The molecule has 20 heteroatoms. The number of ether oxygens (including phenoxy) is 2. The third kappa shape index (κ3) is 10.7. The van der Waals surface area contributed by atoms with Crippen molar-refractivity contribution in [3.8, 4) is 22.3 Å². The zero-order valence-corrected chi connectivity index (χ0v) is 42.1. The number of rotatable bonds is 15. The first-order valence-corrected chi connectivity index (χ1v) is 24.7. The molecule has 2 aromatic heterocycles. The zero-order chi connectivity index (χ0) is 51.9. The number of aliphatic hydroxyl groups excluding tert-OH is 1. The zero-order valence-electron chi connectivity index (χ0n) is 41.3. The third-order valence-corrected chi connectivity index (χ3v) is 15.3. The Morgan fingerprint density at radius 1 is 1.01 bits per heavy atom. The number of aliphatic hydroxyl groups is 1. The summed E-state index contributed by atoms with van der Waals surface area (Å²) in [7, 11) is 0. The number of hydrogen-bond donors (Lipinski definition) is 4. The minimum Gasteiger partial charge on any atom is -0.489 e. The Morgan fingerprint density at radius 3 is 2.39 bits per heavy atom. The van der Waals surface area contributed by atoms with Crippen LogP contribution in [-0.4, -0.2) is 125 Å². The van der Waals surface area contributed by atoms with Gasteiger partial charge in [0.25, 0.3) is 5.91 Å². The molecule has 4 aliphatic rings. The van der Waals surface area contributed by atoms with Gasteiger partial charge in [-0.25, -0.2) is 9.97 Å². The molecule has 382 valence electrons. The van der Waals surface area contributed by atoms with Crippen molar-refractivity contribution in [3.05, 3.63) is 106 Å². The predicted molar refractivity (Wildman–Crippen MR) is 262 cm³/mol. The number of piperazine rings is 1.